The number of hydrogen-bond acceptors (Lipinski definition) is 5. The van der Waals surface area contributed by atoms with E-state index in [1.807, 2.05) is 0 Å². The average Bonchev–Trinajstić information content (AvgIpc) is 3.08. The largest absolute Gasteiger partial charge is 0.481 e. The Hall–Kier alpha value is -2.67. The number of morpholine rings is 1. The van der Waals surface area contributed by atoms with Gasteiger partial charge in [-0.25, -0.2) is 4.98 Å². The molecule has 24 heavy (non-hydrogen) atoms. The van der Waals surface area contributed by atoms with Gasteiger partial charge in [-0.2, -0.15) is 0 Å². The van der Waals surface area contributed by atoms with Crippen molar-refractivity contribution in [2.24, 2.45) is 0 Å². The minimum Gasteiger partial charge on any atom is -0.481 e. The van der Waals surface area contributed by atoms with E-state index in [4.69, 9.17) is 14.3 Å². The van der Waals surface area contributed by atoms with E-state index in [2.05, 4.69) is 4.98 Å². The van der Waals surface area contributed by atoms with E-state index in [-0.39, 0.29) is 18.9 Å². The Morgan fingerprint density at radius 2 is 2.21 bits per heavy atom. The Bertz CT molecular complexity index is 741. The number of aromatic nitrogens is 1. The molecule has 0 aliphatic carbocycles. The standard InChI is InChI=1S/C17H18N2O5/c1-11-13(4-5-14(18-11)15-3-2-7-24-15)17(22)19-6-8-23-10-12(19)9-16(20)21/h2-5,7,12H,6,8-10H2,1H3,(H,20,21). The zero-order valence-electron chi connectivity index (χ0n) is 13.3. The lowest BCUT2D eigenvalue weighted by Gasteiger charge is -2.35. The van der Waals surface area contributed by atoms with Gasteiger partial charge < -0.3 is 19.2 Å². The second kappa shape index (κ2) is 6.84. The van der Waals surface area contributed by atoms with Crippen molar-refractivity contribution in [2.75, 3.05) is 19.8 Å². The highest BCUT2D eigenvalue weighted by molar-refractivity contribution is 5.96. The minimum atomic E-state index is -0.952. The Morgan fingerprint density at radius 1 is 1.38 bits per heavy atom. The van der Waals surface area contributed by atoms with E-state index in [0.29, 0.717) is 35.9 Å². The number of aliphatic carboxylic acids is 1. The summed E-state index contributed by atoms with van der Waals surface area (Å²) in [6.07, 6.45) is 1.43. The van der Waals surface area contributed by atoms with Crippen molar-refractivity contribution < 1.29 is 23.8 Å². The SMILES string of the molecule is Cc1nc(-c2ccco2)ccc1C(=O)N1CCOCC1CC(=O)O. The third-order valence-electron chi connectivity index (χ3n) is 3.99. The molecule has 7 nitrogen and oxygen atoms in total. The van der Waals surface area contributed by atoms with E-state index < -0.39 is 12.0 Å². The third kappa shape index (κ3) is 3.30. The van der Waals surface area contributed by atoms with Crippen molar-refractivity contribution in [3.63, 3.8) is 0 Å². The fourth-order valence-electron chi connectivity index (χ4n) is 2.80. The molecule has 7 heteroatoms. The maximum absolute atomic E-state index is 12.8. The number of carbonyl (C=O) groups is 2. The first-order chi connectivity index (χ1) is 11.6. The van der Waals surface area contributed by atoms with Gasteiger partial charge in [-0.05, 0) is 31.2 Å². The maximum Gasteiger partial charge on any atom is 0.305 e. The quantitative estimate of drug-likeness (QED) is 0.921. The molecule has 1 aliphatic rings. The number of furan rings is 1. The Morgan fingerprint density at radius 3 is 2.88 bits per heavy atom. The molecule has 1 fully saturated rings. The first-order valence-electron chi connectivity index (χ1n) is 7.68. The first kappa shape index (κ1) is 16.2. The van der Waals surface area contributed by atoms with Crippen LogP contribution in [-0.4, -0.2) is 52.7 Å². The summed E-state index contributed by atoms with van der Waals surface area (Å²) in [7, 11) is 0. The number of carboxylic acid groups (broad SMARTS) is 1. The van der Waals surface area contributed by atoms with Crippen LogP contribution < -0.4 is 0 Å². The van der Waals surface area contributed by atoms with Gasteiger partial charge in [0.15, 0.2) is 5.76 Å². The van der Waals surface area contributed by atoms with Gasteiger partial charge in [-0.1, -0.05) is 0 Å². The highest BCUT2D eigenvalue weighted by Crippen LogP contribution is 2.22. The number of hydrogen-bond donors (Lipinski definition) is 1. The molecule has 126 valence electrons. The number of amides is 1. The van der Waals surface area contributed by atoms with Crippen LogP contribution in [0.4, 0.5) is 0 Å². The van der Waals surface area contributed by atoms with Gasteiger partial charge >= 0.3 is 5.97 Å². The molecule has 3 heterocycles. The molecule has 2 aromatic rings. The number of carbonyl (C=O) groups excluding carboxylic acids is 1. The Balaban J connectivity index is 1.84. The molecule has 1 N–H and O–H groups in total. The predicted molar refractivity (Wildman–Crippen MR) is 84.6 cm³/mol. The lowest BCUT2D eigenvalue weighted by molar-refractivity contribution is -0.139. The van der Waals surface area contributed by atoms with Crippen LogP contribution in [0.25, 0.3) is 11.5 Å². The molecule has 1 atom stereocenters. The van der Waals surface area contributed by atoms with Crippen molar-refractivity contribution in [1.29, 1.82) is 0 Å². The second-order valence-electron chi connectivity index (χ2n) is 5.63. The molecule has 1 amide bonds. The molecule has 0 saturated carbocycles. The zero-order chi connectivity index (χ0) is 17.1. The summed E-state index contributed by atoms with van der Waals surface area (Å²) in [6, 6.07) is 6.54. The maximum atomic E-state index is 12.8. The topological polar surface area (TPSA) is 92.9 Å². The fourth-order valence-corrected chi connectivity index (χ4v) is 2.80. The van der Waals surface area contributed by atoms with Gasteiger partial charge in [0, 0.05) is 6.54 Å². The van der Waals surface area contributed by atoms with Crippen molar-refractivity contribution in [3.8, 4) is 11.5 Å². The molecule has 0 bridgehead atoms. The highest BCUT2D eigenvalue weighted by atomic mass is 16.5. The monoisotopic (exact) mass is 330 g/mol. The number of ether oxygens (including phenoxy) is 1. The first-order valence-corrected chi connectivity index (χ1v) is 7.68. The zero-order valence-corrected chi connectivity index (χ0v) is 13.3. The summed E-state index contributed by atoms with van der Waals surface area (Å²) in [5, 5.41) is 9.02. The van der Waals surface area contributed by atoms with Gasteiger partial charge in [0.25, 0.3) is 5.91 Å². The van der Waals surface area contributed by atoms with Crippen LogP contribution >= 0.6 is 0 Å². The van der Waals surface area contributed by atoms with Crippen LogP contribution in [0.2, 0.25) is 0 Å². The van der Waals surface area contributed by atoms with Gasteiger partial charge in [0.05, 0.1) is 43.2 Å². The van der Waals surface area contributed by atoms with Gasteiger partial charge in [-0.15, -0.1) is 0 Å². The molecular weight excluding hydrogens is 312 g/mol. The van der Waals surface area contributed by atoms with Crippen LogP contribution in [0.3, 0.4) is 0 Å². The highest BCUT2D eigenvalue weighted by Gasteiger charge is 2.30. The van der Waals surface area contributed by atoms with Crippen LogP contribution in [0, 0.1) is 6.92 Å². The molecule has 2 aromatic heterocycles. The molecular formula is C17H18N2O5. The second-order valence-corrected chi connectivity index (χ2v) is 5.63. The minimum absolute atomic E-state index is 0.136. The summed E-state index contributed by atoms with van der Waals surface area (Å²) in [4.78, 5) is 29.8. The number of nitrogens with zero attached hydrogens (tertiary/aromatic N) is 2. The fraction of sp³-hybridized carbons (Fsp3) is 0.353. The summed E-state index contributed by atoms with van der Waals surface area (Å²) < 4.78 is 10.6. The molecule has 1 unspecified atom stereocenters. The molecule has 0 radical (unpaired) electrons. The number of rotatable bonds is 4. The van der Waals surface area contributed by atoms with Gasteiger partial charge in [0.1, 0.15) is 5.69 Å². The Kier molecular flexibility index (Phi) is 4.61. The van der Waals surface area contributed by atoms with Crippen LogP contribution in [0.15, 0.2) is 34.9 Å². The van der Waals surface area contributed by atoms with Crippen molar-refractivity contribution in [1.82, 2.24) is 9.88 Å². The summed E-state index contributed by atoms with van der Waals surface area (Å²) in [5.41, 5.74) is 1.69. The molecule has 3 rings (SSSR count). The lowest BCUT2D eigenvalue weighted by atomic mass is 10.1. The normalized spacial score (nSPS) is 17.7. The predicted octanol–water partition coefficient (Wildman–Crippen LogP) is 1.97. The molecule has 1 saturated heterocycles. The number of aryl methyl sites for hydroxylation is 1. The average molecular weight is 330 g/mol. The van der Waals surface area contributed by atoms with Gasteiger partial charge in [-0.3, -0.25) is 9.59 Å². The van der Waals surface area contributed by atoms with Crippen LogP contribution in [0.1, 0.15) is 22.5 Å². The lowest BCUT2D eigenvalue weighted by Crippen LogP contribution is -2.49. The van der Waals surface area contributed by atoms with Crippen molar-refractivity contribution >= 4 is 11.9 Å². The van der Waals surface area contributed by atoms with Crippen molar-refractivity contribution in [2.45, 2.75) is 19.4 Å². The van der Waals surface area contributed by atoms with E-state index in [9.17, 15) is 9.59 Å². The van der Waals surface area contributed by atoms with E-state index >= 15 is 0 Å². The summed E-state index contributed by atoms with van der Waals surface area (Å²) in [5.74, 6) is -0.543. The molecule has 0 spiro atoms. The van der Waals surface area contributed by atoms with Crippen molar-refractivity contribution in [3.05, 3.63) is 41.8 Å². The number of carboxylic acids is 1. The van der Waals surface area contributed by atoms with E-state index in [1.54, 1.807) is 42.4 Å². The van der Waals surface area contributed by atoms with E-state index in [0.717, 1.165) is 0 Å². The summed E-state index contributed by atoms with van der Waals surface area (Å²) >= 11 is 0. The third-order valence-corrected chi connectivity index (χ3v) is 3.99. The molecule has 0 aromatic carbocycles. The summed E-state index contributed by atoms with van der Waals surface area (Å²) in [6.45, 7) is 2.76. The molecule has 1 aliphatic heterocycles. The number of pyridine rings is 1. The van der Waals surface area contributed by atoms with E-state index in [1.165, 1.54) is 0 Å². The van der Waals surface area contributed by atoms with Crippen LogP contribution in [0.5, 0.6) is 0 Å². The van der Waals surface area contributed by atoms with Crippen LogP contribution in [-0.2, 0) is 9.53 Å². The Labute approximate surface area is 138 Å². The van der Waals surface area contributed by atoms with Gasteiger partial charge in [0.2, 0.25) is 0 Å². The smallest absolute Gasteiger partial charge is 0.305 e.